The molecular weight excluding hydrogens is 256 g/mol. The van der Waals surface area contributed by atoms with Crippen LogP contribution < -0.4 is 0 Å². The third-order valence-electron chi connectivity index (χ3n) is 3.14. The van der Waals surface area contributed by atoms with Crippen molar-refractivity contribution >= 4 is 5.78 Å². The highest BCUT2D eigenvalue weighted by atomic mass is 19.1. The Labute approximate surface area is 109 Å². The van der Waals surface area contributed by atoms with E-state index in [9.17, 15) is 18.7 Å². The molecule has 1 aliphatic rings. The van der Waals surface area contributed by atoms with E-state index in [1.807, 2.05) is 0 Å². The number of hydrogen-bond acceptors (Lipinski definition) is 4. The molecule has 6 heteroatoms. The summed E-state index contributed by atoms with van der Waals surface area (Å²) in [6.45, 7) is 1.17. The molecule has 0 spiro atoms. The summed E-state index contributed by atoms with van der Waals surface area (Å²) in [6.07, 6.45) is 0. The first kappa shape index (κ1) is 14.0. The van der Waals surface area contributed by atoms with E-state index in [-0.39, 0.29) is 24.8 Å². The summed E-state index contributed by atoms with van der Waals surface area (Å²) in [4.78, 5) is 13.7. The van der Waals surface area contributed by atoms with Crippen molar-refractivity contribution in [3.63, 3.8) is 0 Å². The van der Waals surface area contributed by atoms with Gasteiger partial charge in [0, 0.05) is 12.6 Å². The van der Waals surface area contributed by atoms with Crippen molar-refractivity contribution in [3.8, 4) is 0 Å². The van der Waals surface area contributed by atoms with E-state index in [1.54, 1.807) is 4.90 Å². The van der Waals surface area contributed by atoms with Crippen LogP contribution in [0, 0.1) is 11.6 Å². The fourth-order valence-corrected chi connectivity index (χ4v) is 2.05. The molecule has 0 bridgehead atoms. The van der Waals surface area contributed by atoms with Gasteiger partial charge >= 0.3 is 0 Å². The molecule has 104 valence electrons. The van der Waals surface area contributed by atoms with Crippen LogP contribution in [0.4, 0.5) is 8.78 Å². The van der Waals surface area contributed by atoms with Crippen LogP contribution in [0.5, 0.6) is 0 Å². The van der Waals surface area contributed by atoms with Crippen molar-refractivity contribution in [2.24, 2.45) is 0 Å². The van der Waals surface area contributed by atoms with E-state index >= 15 is 0 Å². The molecule has 1 unspecified atom stereocenters. The van der Waals surface area contributed by atoms with Gasteiger partial charge in [0.25, 0.3) is 0 Å². The number of aliphatic hydroxyl groups is 1. The Kier molecular flexibility index (Phi) is 4.57. The Bertz CT molecular complexity index is 467. The SMILES string of the molecule is O=C(CN1CCOCC1CO)c1ccc(F)cc1F. The number of hydrogen-bond donors (Lipinski definition) is 1. The standard InChI is InChI=1S/C13H15F2NO3/c14-9-1-2-11(12(15)5-9)13(18)6-16-3-4-19-8-10(16)7-17/h1-2,5,10,17H,3-4,6-8H2. The molecular formula is C13H15F2NO3. The normalized spacial score (nSPS) is 20.5. The Hall–Kier alpha value is -1.37. The van der Waals surface area contributed by atoms with Crippen molar-refractivity contribution in [2.75, 3.05) is 32.9 Å². The van der Waals surface area contributed by atoms with Crippen molar-refractivity contribution < 1.29 is 23.4 Å². The first-order chi connectivity index (χ1) is 9.11. The van der Waals surface area contributed by atoms with Gasteiger partial charge in [-0.15, -0.1) is 0 Å². The lowest BCUT2D eigenvalue weighted by Crippen LogP contribution is -2.49. The van der Waals surface area contributed by atoms with Crippen LogP contribution in [0.15, 0.2) is 18.2 Å². The number of halogens is 2. The van der Waals surface area contributed by atoms with Crippen LogP contribution in [0.2, 0.25) is 0 Å². The lowest BCUT2D eigenvalue weighted by atomic mass is 10.1. The maximum Gasteiger partial charge on any atom is 0.179 e. The predicted octanol–water partition coefficient (Wildman–Crippen LogP) is 0.841. The first-order valence-corrected chi connectivity index (χ1v) is 6.02. The van der Waals surface area contributed by atoms with Crippen LogP contribution in [0.3, 0.4) is 0 Å². The second-order valence-electron chi connectivity index (χ2n) is 4.43. The molecule has 2 rings (SSSR count). The molecule has 1 aliphatic heterocycles. The molecule has 0 aromatic heterocycles. The molecule has 1 aromatic rings. The number of ether oxygens (including phenoxy) is 1. The van der Waals surface area contributed by atoms with Gasteiger partial charge in [-0.25, -0.2) is 8.78 Å². The van der Waals surface area contributed by atoms with Crippen molar-refractivity contribution in [1.29, 1.82) is 0 Å². The monoisotopic (exact) mass is 271 g/mol. The maximum atomic E-state index is 13.5. The molecule has 0 saturated carbocycles. The van der Waals surface area contributed by atoms with E-state index < -0.39 is 17.4 Å². The van der Waals surface area contributed by atoms with Gasteiger partial charge in [-0.2, -0.15) is 0 Å². The Balaban J connectivity index is 2.07. The number of aliphatic hydroxyl groups excluding tert-OH is 1. The highest BCUT2D eigenvalue weighted by molar-refractivity contribution is 5.97. The average Bonchev–Trinajstić information content (AvgIpc) is 2.39. The fraction of sp³-hybridized carbons (Fsp3) is 0.462. The third kappa shape index (κ3) is 3.34. The Morgan fingerprint density at radius 2 is 2.26 bits per heavy atom. The van der Waals surface area contributed by atoms with Crippen LogP contribution >= 0.6 is 0 Å². The highest BCUT2D eigenvalue weighted by Gasteiger charge is 2.25. The molecule has 1 aromatic carbocycles. The summed E-state index contributed by atoms with van der Waals surface area (Å²) < 4.78 is 31.4. The number of carbonyl (C=O) groups excluding carboxylic acids is 1. The molecule has 0 amide bonds. The number of morpholine rings is 1. The molecule has 19 heavy (non-hydrogen) atoms. The quantitative estimate of drug-likeness (QED) is 0.825. The second-order valence-corrected chi connectivity index (χ2v) is 4.43. The average molecular weight is 271 g/mol. The van der Waals surface area contributed by atoms with E-state index in [0.717, 1.165) is 12.1 Å². The smallest absolute Gasteiger partial charge is 0.179 e. The van der Waals surface area contributed by atoms with Gasteiger partial charge < -0.3 is 9.84 Å². The summed E-state index contributed by atoms with van der Waals surface area (Å²) in [5.41, 5.74) is -0.135. The minimum atomic E-state index is -0.862. The summed E-state index contributed by atoms with van der Waals surface area (Å²) in [6, 6.07) is 2.62. The molecule has 1 atom stereocenters. The number of benzene rings is 1. The van der Waals surface area contributed by atoms with Gasteiger partial charge in [0.1, 0.15) is 11.6 Å². The van der Waals surface area contributed by atoms with E-state index in [2.05, 4.69) is 0 Å². The molecule has 4 nitrogen and oxygen atoms in total. The van der Waals surface area contributed by atoms with Crippen molar-refractivity contribution in [3.05, 3.63) is 35.4 Å². The van der Waals surface area contributed by atoms with Crippen LogP contribution in [0.25, 0.3) is 0 Å². The van der Waals surface area contributed by atoms with Crippen LogP contribution in [-0.2, 0) is 4.74 Å². The lowest BCUT2D eigenvalue weighted by Gasteiger charge is -2.33. The summed E-state index contributed by atoms with van der Waals surface area (Å²) >= 11 is 0. The van der Waals surface area contributed by atoms with Gasteiger partial charge in [-0.1, -0.05) is 0 Å². The highest BCUT2D eigenvalue weighted by Crippen LogP contribution is 2.13. The van der Waals surface area contributed by atoms with Gasteiger partial charge in [-0.05, 0) is 12.1 Å². The van der Waals surface area contributed by atoms with Crippen LogP contribution in [-0.4, -0.2) is 54.7 Å². The van der Waals surface area contributed by atoms with E-state index in [0.29, 0.717) is 25.8 Å². The number of ketones is 1. The van der Waals surface area contributed by atoms with Crippen molar-refractivity contribution in [2.45, 2.75) is 6.04 Å². The molecule has 1 N–H and O–H groups in total. The number of carbonyl (C=O) groups is 1. The largest absolute Gasteiger partial charge is 0.395 e. The molecule has 0 radical (unpaired) electrons. The maximum absolute atomic E-state index is 13.5. The minimum Gasteiger partial charge on any atom is -0.395 e. The number of nitrogens with zero attached hydrogens (tertiary/aromatic N) is 1. The zero-order chi connectivity index (χ0) is 13.8. The van der Waals surface area contributed by atoms with Gasteiger partial charge in [0.05, 0.1) is 38.0 Å². The first-order valence-electron chi connectivity index (χ1n) is 6.02. The lowest BCUT2D eigenvalue weighted by molar-refractivity contribution is -0.0240. The van der Waals surface area contributed by atoms with E-state index in [1.165, 1.54) is 0 Å². The van der Waals surface area contributed by atoms with Crippen molar-refractivity contribution in [1.82, 2.24) is 4.90 Å². The number of rotatable bonds is 4. The van der Waals surface area contributed by atoms with Gasteiger partial charge in [0.2, 0.25) is 0 Å². The van der Waals surface area contributed by atoms with Gasteiger partial charge in [0.15, 0.2) is 5.78 Å². The summed E-state index contributed by atoms with van der Waals surface area (Å²) in [5.74, 6) is -2.01. The molecule has 1 heterocycles. The van der Waals surface area contributed by atoms with E-state index in [4.69, 9.17) is 4.74 Å². The summed E-state index contributed by atoms with van der Waals surface area (Å²) in [7, 11) is 0. The zero-order valence-electron chi connectivity index (χ0n) is 10.3. The minimum absolute atomic E-state index is 0.0167. The predicted molar refractivity (Wildman–Crippen MR) is 64.0 cm³/mol. The molecule has 0 aliphatic carbocycles. The topological polar surface area (TPSA) is 49.8 Å². The molecule has 1 saturated heterocycles. The van der Waals surface area contributed by atoms with Crippen LogP contribution in [0.1, 0.15) is 10.4 Å². The third-order valence-corrected chi connectivity index (χ3v) is 3.14. The fourth-order valence-electron chi connectivity index (χ4n) is 2.05. The van der Waals surface area contributed by atoms with Gasteiger partial charge in [-0.3, -0.25) is 9.69 Å². The zero-order valence-corrected chi connectivity index (χ0v) is 10.3. The Morgan fingerprint density at radius 3 is 2.95 bits per heavy atom. The molecule has 1 fully saturated rings. The Morgan fingerprint density at radius 1 is 1.47 bits per heavy atom. The second kappa shape index (κ2) is 6.18. The summed E-state index contributed by atoms with van der Waals surface area (Å²) in [5, 5.41) is 9.18. The number of Topliss-reactive ketones (excluding diaryl/α,β-unsaturated/α-hetero) is 1.